The molecule has 0 unspecified atom stereocenters. The fourth-order valence-electron chi connectivity index (χ4n) is 1.32. The number of halogens is 2. The van der Waals surface area contributed by atoms with Crippen molar-refractivity contribution in [2.75, 3.05) is 0 Å². The largest absolute Gasteiger partial charge is 0.325 e. The van der Waals surface area contributed by atoms with Crippen LogP contribution in [-0.4, -0.2) is 9.55 Å². The molecule has 78 valence electrons. The molecule has 0 amide bonds. The zero-order chi connectivity index (χ0) is 10.8. The molecule has 3 nitrogen and oxygen atoms in total. The summed E-state index contributed by atoms with van der Waals surface area (Å²) in [5, 5.41) is 0. The molecule has 2 rings (SSSR count). The lowest BCUT2D eigenvalue weighted by Gasteiger charge is -2.03. The molecule has 0 saturated carbocycles. The Balaban J connectivity index is 2.36. The molecule has 5 heteroatoms. The van der Waals surface area contributed by atoms with Gasteiger partial charge in [0.05, 0.1) is 6.54 Å². The monoisotopic (exact) mass is 210 g/mol. The number of imidazole rings is 1. The minimum Gasteiger partial charge on any atom is -0.313 e. The highest BCUT2D eigenvalue weighted by Crippen LogP contribution is 2.10. The van der Waals surface area contributed by atoms with Crippen LogP contribution in [0.4, 0.5) is 8.78 Å². The zero-order valence-electron chi connectivity index (χ0n) is 7.71. The number of benzene rings is 1. The second-order valence-corrected chi connectivity index (χ2v) is 3.13. The van der Waals surface area contributed by atoms with Crippen LogP contribution in [-0.2, 0) is 6.54 Å². The van der Waals surface area contributed by atoms with Gasteiger partial charge in [-0.3, -0.25) is 4.57 Å². The third-order valence-corrected chi connectivity index (χ3v) is 2.07. The molecule has 1 aromatic heterocycles. The maximum atomic E-state index is 13.2. The Morgan fingerprint density at radius 3 is 2.80 bits per heavy atom. The normalized spacial score (nSPS) is 10.5. The maximum absolute atomic E-state index is 13.2. The Kier molecular flexibility index (Phi) is 2.37. The van der Waals surface area contributed by atoms with Gasteiger partial charge in [-0.2, -0.15) is 0 Å². The SMILES string of the molecule is O=c1[nH]ccn1Cc1cc(F)ccc1F. The number of nitrogens with one attached hydrogen (secondary N) is 1. The van der Waals surface area contributed by atoms with Crippen molar-refractivity contribution in [2.24, 2.45) is 0 Å². The predicted octanol–water partition coefficient (Wildman–Crippen LogP) is 1.50. The molecule has 0 aliphatic carbocycles. The average Bonchev–Trinajstić information content (AvgIpc) is 2.58. The van der Waals surface area contributed by atoms with E-state index in [2.05, 4.69) is 4.98 Å². The summed E-state index contributed by atoms with van der Waals surface area (Å²) in [6, 6.07) is 3.16. The van der Waals surface area contributed by atoms with Crippen LogP contribution in [0.3, 0.4) is 0 Å². The van der Waals surface area contributed by atoms with E-state index in [4.69, 9.17) is 0 Å². The van der Waals surface area contributed by atoms with Crippen LogP contribution in [0.5, 0.6) is 0 Å². The first-order valence-corrected chi connectivity index (χ1v) is 4.34. The van der Waals surface area contributed by atoms with Crippen LogP contribution in [0.25, 0.3) is 0 Å². The lowest BCUT2D eigenvalue weighted by Crippen LogP contribution is -2.17. The number of rotatable bonds is 2. The fraction of sp³-hybridized carbons (Fsp3) is 0.100. The molecule has 15 heavy (non-hydrogen) atoms. The van der Waals surface area contributed by atoms with Crippen LogP contribution in [0.15, 0.2) is 35.4 Å². The third-order valence-electron chi connectivity index (χ3n) is 2.07. The van der Waals surface area contributed by atoms with E-state index in [0.29, 0.717) is 0 Å². The summed E-state index contributed by atoms with van der Waals surface area (Å²) >= 11 is 0. The van der Waals surface area contributed by atoms with Crippen LogP contribution in [0.1, 0.15) is 5.56 Å². The molecule has 0 bridgehead atoms. The molecule has 1 aromatic carbocycles. The highest BCUT2D eigenvalue weighted by molar-refractivity contribution is 5.19. The second kappa shape index (κ2) is 3.68. The molecule has 0 aliphatic heterocycles. The van der Waals surface area contributed by atoms with Gasteiger partial charge in [0.25, 0.3) is 0 Å². The molecular formula is C10H8F2N2O. The number of aromatic nitrogens is 2. The number of nitrogens with zero attached hydrogens (tertiary/aromatic N) is 1. The van der Waals surface area contributed by atoms with Crippen molar-refractivity contribution in [3.05, 3.63) is 58.3 Å². The van der Waals surface area contributed by atoms with Crippen LogP contribution >= 0.6 is 0 Å². The first-order chi connectivity index (χ1) is 7.16. The van der Waals surface area contributed by atoms with E-state index in [1.54, 1.807) is 0 Å². The van der Waals surface area contributed by atoms with Crippen molar-refractivity contribution in [2.45, 2.75) is 6.54 Å². The molecule has 1 N–H and O–H groups in total. The second-order valence-electron chi connectivity index (χ2n) is 3.13. The van der Waals surface area contributed by atoms with E-state index in [9.17, 15) is 13.6 Å². The summed E-state index contributed by atoms with van der Waals surface area (Å²) < 4.78 is 27.3. The lowest BCUT2D eigenvalue weighted by atomic mass is 10.2. The topological polar surface area (TPSA) is 37.8 Å². The Morgan fingerprint density at radius 1 is 1.33 bits per heavy atom. The standard InChI is InChI=1S/C10H8F2N2O/c11-8-1-2-9(12)7(5-8)6-14-4-3-13-10(14)15/h1-5H,6H2,(H,13,15). The van der Waals surface area contributed by atoms with Gasteiger partial charge >= 0.3 is 5.69 Å². The maximum Gasteiger partial charge on any atom is 0.325 e. The molecule has 0 saturated heterocycles. The van der Waals surface area contributed by atoms with Gasteiger partial charge in [0.1, 0.15) is 11.6 Å². The number of hydrogen-bond donors (Lipinski definition) is 1. The van der Waals surface area contributed by atoms with Gasteiger partial charge in [-0.15, -0.1) is 0 Å². The molecule has 0 radical (unpaired) electrons. The average molecular weight is 210 g/mol. The van der Waals surface area contributed by atoms with Crippen LogP contribution in [0, 0.1) is 11.6 Å². The van der Waals surface area contributed by atoms with Gasteiger partial charge in [-0.05, 0) is 18.2 Å². The van der Waals surface area contributed by atoms with Gasteiger partial charge in [-0.25, -0.2) is 13.6 Å². The summed E-state index contributed by atoms with van der Waals surface area (Å²) in [7, 11) is 0. The molecule has 0 fully saturated rings. The first kappa shape index (κ1) is 9.64. The van der Waals surface area contributed by atoms with Gasteiger partial charge in [0, 0.05) is 18.0 Å². The minimum atomic E-state index is -0.524. The Hall–Kier alpha value is -1.91. The highest BCUT2D eigenvalue weighted by Gasteiger charge is 2.05. The molecule has 0 aliphatic rings. The Morgan fingerprint density at radius 2 is 2.13 bits per heavy atom. The summed E-state index contributed by atoms with van der Waals surface area (Å²) in [6.07, 6.45) is 2.92. The lowest BCUT2D eigenvalue weighted by molar-refractivity contribution is 0.575. The van der Waals surface area contributed by atoms with E-state index in [0.717, 1.165) is 18.2 Å². The number of aromatic amines is 1. The molecule has 0 atom stereocenters. The summed E-state index contributed by atoms with van der Waals surface area (Å²) in [6.45, 7) is 0.0198. The molecule has 1 heterocycles. The molecule has 2 aromatic rings. The minimum absolute atomic E-state index is 0.0198. The van der Waals surface area contributed by atoms with E-state index < -0.39 is 11.6 Å². The van der Waals surface area contributed by atoms with E-state index >= 15 is 0 Å². The number of H-pyrrole nitrogens is 1. The molecule has 0 spiro atoms. The third kappa shape index (κ3) is 1.96. The summed E-state index contributed by atoms with van der Waals surface area (Å²) in [4.78, 5) is 13.5. The van der Waals surface area contributed by atoms with Gasteiger partial charge < -0.3 is 4.98 Å². The first-order valence-electron chi connectivity index (χ1n) is 4.34. The van der Waals surface area contributed by atoms with Crippen molar-refractivity contribution in [3.63, 3.8) is 0 Å². The van der Waals surface area contributed by atoms with Crippen LogP contribution in [0.2, 0.25) is 0 Å². The van der Waals surface area contributed by atoms with E-state index in [1.807, 2.05) is 0 Å². The Labute approximate surface area is 84.0 Å². The Bertz CT molecular complexity index is 530. The smallest absolute Gasteiger partial charge is 0.313 e. The molecular weight excluding hydrogens is 202 g/mol. The van der Waals surface area contributed by atoms with Crippen LogP contribution < -0.4 is 5.69 Å². The highest BCUT2D eigenvalue weighted by atomic mass is 19.1. The van der Waals surface area contributed by atoms with Crippen molar-refractivity contribution < 1.29 is 8.78 Å². The van der Waals surface area contributed by atoms with E-state index in [1.165, 1.54) is 17.0 Å². The fourth-order valence-corrected chi connectivity index (χ4v) is 1.32. The van der Waals surface area contributed by atoms with Gasteiger partial charge in [0.15, 0.2) is 0 Å². The zero-order valence-corrected chi connectivity index (χ0v) is 7.71. The van der Waals surface area contributed by atoms with Crippen molar-refractivity contribution in [3.8, 4) is 0 Å². The number of hydrogen-bond acceptors (Lipinski definition) is 1. The van der Waals surface area contributed by atoms with Crippen molar-refractivity contribution >= 4 is 0 Å². The summed E-state index contributed by atoms with van der Waals surface area (Å²) in [5.74, 6) is -1.04. The quantitative estimate of drug-likeness (QED) is 0.801. The van der Waals surface area contributed by atoms with Gasteiger partial charge in [0.2, 0.25) is 0 Å². The van der Waals surface area contributed by atoms with Gasteiger partial charge in [-0.1, -0.05) is 0 Å². The van der Waals surface area contributed by atoms with Crippen molar-refractivity contribution in [1.82, 2.24) is 9.55 Å². The van der Waals surface area contributed by atoms with Crippen molar-refractivity contribution in [1.29, 1.82) is 0 Å². The summed E-state index contributed by atoms with van der Waals surface area (Å²) in [5.41, 5.74) is -0.199. The van der Waals surface area contributed by atoms with E-state index in [-0.39, 0.29) is 17.8 Å². The predicted molar refractivity (Wildman–Crippen MR) is 50.5 cm³/mol.